The zero-order valence-corrected chi connectivity index (χ0v) is 10.2. The van der Waals surface area contributed by atoms with Crippen molar-refractivity contribution in [3.05, 3.63) is 34.1 Å². The van der Waals surface area contributed by atoms with Gasteiger partial charge in [-0.05, 0) is 38.1 Å². The molecule has 0 bridgehead atoms. The molecule has 2 rings (SSSR count). The first-order chi connectivity index (χ1) is 9.08. The summed E-state index contributed by atoms with van der Waals surface area (Å²) in [5.41, 5.74) is -0.389. The molecule has 2 N–H and O–H groups in total. The summed E-state index contributed by atoms with van der Waals surface area (Å²) in [6.07, 6.45) is 1.46. The highest BCUT2D eigenvalue weighted by molar-refractivity contribution is 5.92. The van der Waals surface area contributed by atoms with Crippen LogP contribution in [0.5, 0.6) is 0 Å². The molecule has 0 saturated carbocycles. The number of halogens is 1. The molecular weight excluding hydrogens is 253 g/mol. The van der Waals surface area contributed by atoms with Crippen molar-refractivity contribution >= 4 is 17.3 Å². The van der Waals surface area contributed by atoms with Gasteiger partial charge in [0.05, 0.1) is 4.92 Å². The highest BCUT2D eigenvalue weighted by atomic mass is 19.1. The van der Waals surface area contributed by atoms with Crippen molar-refractivity contribution in [1.29, 1.82) is 0 Å². The number of rotatable bonds is 3. The zero-order valence-electron chi connectivity index (χ0n) is 10.2. The van der Waals surface area contributed by atoms with Gasteiger partial charge in [0.1, 0.15) is 0 Å². The summed E-state index contributed by atoms with van der Waals surface area (Å²) in [5, 5.41) is 16.3. The highest BCUT2D eigenvalue weighted by Gasteiger charge is 2.22. The second-order valence-electron chi connectivity index (χ2n) is 4.44. The van der Waals surface area contributed by atoms with Crippen LogP contribution < -0.4 is 10.6 Å². The molecular formula is C12H14FN3O3. The van der Waals surface area contributed by atoms with E-state index in [2.05, 4.69) is 10.6 Å². The maximum atomic E-state index is 13.1. The Morgan fingerprint density at radius 2 is 2.11 bits per heavy atom. The number of nitrogens with zero attached hydrogens (tertiary/aromatic N) is 1. The molecule has 1 heterocycles. The standard InChI is InChI=1S/C12H14FN3O3/c13-10-2-1-9(7-11(10)16(18)19)15-12(17)8-3-5-14-6-4-8/h1-2,7-8,14H,3-6H2,(H,15,17). The predicted molar refractivity (Wildman–Crippen MR) is 67.3 cm³/mol. The number of anilines is 1. The molecule has 1 aromatic carbocycles. The monoisotopic (exact) mass is 267 g/mol. The Kier molecular flexibility index (Phi) is 4.06. The number of benzene rings is 1. The van der Waals surface area contributed by atoms with Gasteiger partial charge in [0.25, 0.3) is 0 Å². The van der Waals surface area contributed by atoms with Gasteiger partial charge in [-0.3, -0.25) is 14.9 Å². The second kappa shape index (κ2) is 5.75. The smallest absolute Gasteiger partial charge is 0.306 e. The third-order valence-corrected chi connectivity index (χ3v) is 3.12. The normalized spacial score (nSPS) is 16.1. The largest absolute Gasteiger partial charge is 0.326 e. The number of piperidine rings is 1. The number of carbonyl (C=O) groups is 1. The minimum atomic E-state index is -0.912. The third-order valence-electron chi connectivity index (χ3n) is 3.12. The molecule has 0 radical (unpaired) electrons. The molecule has 6 nitrogen and oxygen atoms in total. The Bertz CT molecular complexity index is 501. The van der Waals surface area contributed by atoms with Gasteiger partial charge in [-0.1, -0.05) is 0 Å². The molecule has 0 unspecified atom stereocenters. The van der Waals surface area contributed by atoms with Crippen LogP contribution in [-0.4, -0.2) is 23.9 Å². The summed E-state index contributed by atoms with van der Waals surface area (Å²) in [6, 6.07) is 3.34. The maximum Gasteiger partial charge on any atom is 0.306 e. The summed E-state index contributed by atoms with van der Waals surface area (Å²) in [7, 11) is 0. The summed E-state index contributed by atoms with van der Waals surface area (Å²) in [5.74, 6) is -1.20. The van der Waals surface area contributed by atoms with Crippen molar-refractivity contribution in [2.75, 3.05) is 18.4 Å². The SMILES string of the molecule is O=C(Nc1ccc(F)c([N+](=O)[O-])c1)C1CCNCC1. The van der Waals surface area contributed by atoms with Gasteiger partial charge in [-0.2, -0.15) is 4.39 Å². The van der Waals surface area contributed by atoms with Crippen LogP contribution in [0.3, 0.4) is 0 Å². The predicted octanol–water partition coefficient (Wildman–Crippen LogP) is 1.67. The van der Waals surface area contributed by atoms with Gasteiger partial charge in [0.15, 0.2) is 0 Å². The molecule has 1 fully saturated rings. The van der Waals surface area contributed by atoms with Crippen LogP contribution in [0.2, 0.25) is 0 Å². The zero-order chi connectivity index (χ0) is 13.8. The van der Waals surface area contributed by atoms with E-state index in [0.717, 1.165) is 38.1 Å². The fourth-order valence-electron chi connectivity index (χ4n) is 2.06. The summed E-state index contributed by atoms with van der Waals surface area (Å²) in [4.78, 5) is 21.7. The van der Waals surface area contributed by atoms with Crippen LogP contribution in [-0.2, 0) is 4.79 Å². The number of amides is 1. The van der Waals surface area contributed by atoms with Crippen molar-refractivity contribution in [3.63, 3.8) is 0 Å². The highest BCUT2D eigenvalue weighted by Crippen LogP contribution is 2.23. The van der Waals surface area contributed by atoms with E-state index >= 15 is 0 Å². The average molecular weight is 267 g/mol. The molecule has 1 aliphatic rings. The van der Waals surface area contributed by atoms with Gasteiger partial charge >= 0.3 is 5.69 Å². The Hall–Kier alpha value is -2.02. The van der Waals surface area contributed by atoms with Crippen LogP contribution in [0.1, 0.15) is 12.8 Å². The van der Waals surface area contributed by atoms with Crippen molar-refractivity contribution in [2.45, 2.75) is 12.8 Å². The Morgan fingerprint density at radius 3 is 2.74 bits per heavy atom. The van der Waals surface area contributed by atoms with Crippen molar-refractivity contribution in [2.24, 2.45) is 5.92 Å². The van der Waals surface area contributed by atoms with E-state index in [9.17, 15) is 19.3 Å². The van der Waals surface area contributed by atoms with Gasteiger partial charge in [-0.15, -0.1) is 0 Å². The lowest BCUT2D eigenvalue weighted by Crippen LogP contribution is -2.34. The molecule has 102 valence electrons. The molecule has 7 heteroatoms. The van der Waals surface area contributed by atoms with E-state index in [-0.39, 0.29) is 17.5 Å². The number of nitro benzene ring substituents is 1. The van der Waals surface area contributed by atoms with Gasteiger partial charge in [-0.25, -0.2) is 0 Å². The third kappa shape index (κ3) is 3.25. The number of nitrogens with one attached hydrogen (secondary N) is 2. The maximum absolute atomic E-state index is 13.1. The minimum Gasteiger partial charge on any atom is -0.326 e. The first-order valence-electron chi connectivity index (χ1n) is 6.03. The fourth-order valence-corrected chi connectivity index (χ4v) is 2.06. The fraction of sp³-hybridized carbons (Fsp3) is 0.417. The molecule has 19 heavy (non-hydrogen) atoms. The summed E-state index contributed by atoms with van der Waals surface area (Å²) < 4.78 is 13.1. The number of carbonyl (C=O) groups excluding carboxylic acids is 1. The molecule has 0 aromatic heterocycles. The van der Waals surface area contributed by atoms with Crippen LogP contribution >= 0.6 is 0 Å². The second-order valence-corrected chi connectivity index (χ2v) is 4.44. The van der Waals surface area contributed by atoms with Crippen molar-refractivity contribution < 1.29 is 14.1 Å². The van der Waals surface area contributed by atoms with Gasteiger partial charge in [0, 0.05) is 17.7 Å². The quantitative estimate of drug-likeness (QED) is 0.644. The van der Waals surface area contributed by atoms with Crippen LogP contribution in [0, 0.1) is 21.8 Å². The molecule has 1 amide bonds. The van der Waals surface area contributed by atoms with Crippen LogP contribution in [0.15, 0.2) is 18.2 Å². The van der Waals surface area contributed by atoms with Crippen LogP contribution in [0.4, 0.5) is 15.8 Å². The van der Waals surface area contributed by atoms with Gasteiger partial charge in [0.2, 0.25) is 11.7 Å². The number of hydrogen-bond donors (Lipinski definition) is 2. The molecule has 1 aromatic rings. The lowest BCUT2D eigenvalue weighted by atomic mass is 9.97. The summed E-state index contributed by atoms with van der Waals surface area (Å²) >= 11 is 0. The van der Waals surface area contributed by atoms with Crippen molar-refractivity contribution in [3.8, 4) is 0 Å². The van der Waals surface area contributed by atoms with E-state index in [1.165, 1.54) is 6.07 Å². The molecule has 1 saturated heterocycles. The van der Waals surface area contributed by atoms with E-state index in [0.29, 0.717) is 0 Å². The van der Waals surface area contributed by atoms with Crippen LogP contribution in [0.25, 0.3) is 0 Å². The lowest BCUT2D eigenvalue weighted by molar-refractivity contribution is -0.387. The first kappa shape index (κ1) is 13.4. The number of hydrogen-bond acceptors (Lipinski definition) is 4. The Labute approximate surface area is 109 Å². The van der Waals surface area contributed by atoms with E-state index in [1.807, 2.05) is 0 Å². The molecule has 0 aliphatic carbocycles. The number of nitro groups is 1. The van der Waals surface area contributed by atoms with Gasteiger partial charge < -0.3 is 10.6 Å². The van der Waals surface area contributed by atoms with E-state index in [1.54, 1.807) is 0 Å². The van der Waals surface area contributed by atoms with E-state index in [4.69, 9.17) is 0 Å². The summed E-state index contributed by atoms with van der Waals surface area (Å²) in [6.45, 7) is 1.56. The average Bonchev–Trinajstić information content (AvgIpc) is 2.41. The van der Waals surface area contributed by atoms with E-state index < -0.39 is 16.4 Å². The molecule has 0 atom stereocenters. The Balaban J connectivity index is 2.08. The molecule has 1 aliphatic heterocycles. The lowest BCUT2D eigenvalue weighted by Gasteiger charge is -2.21. The van der Waals surface area contributed by atoms with Crippen molar-refractivity contribution in [1.82, 2.24) is 5.32 Å². The first-order valence-corrected chi connectivity index (χ1v) is 6.03. The Morgan fingerprint density at radius 1 is 1.42 bits per heavy atom. The minimum absolute atomic E-state index is 0.106. The molecule has 0 spiro atoms. The topological polar surface area (TPSA) is 84.3 Å².